The Morgan fingerprint density at radius 1 is 1.24 bits per heavy atom. The van der Waals surface area contributed by atoms with E-state index in [0.717, 1.165) is 17.3 Å². The average molecular weight is 290 g/mol. The lowest BCUT2D eigenvalue weighted by Gasteiger charge is -2.22. The molecular weight excluding hydrogens is 274 g/mol. The van der Waals surface area contributed by atoms with E-state index in [1.54, 1.807) is 0 Å². The summed E-state index contributed by atoms with van der Waals surface area (Å²) in [7, 11) is 0. The summed E-state index contributed by atoms with van der Waals surface area (Å²) in [6, 6.07) is 7.35. The van der Waals surface area contributed by atoms with Crippen molar-refractivity contribution in [3.05, 3.63) is 57.2 Å². The summed E-state index contributed by atoms with van der Waals surface area (Å²) in [5, 5.41) is 3.49. The lowest BCUT2D eigenvalue weighted by atomic mass is 9.98. The molecular formula is C15H16BrN. The van der Waals surface area contributed by atoms with Crippen LogP contribution in [0.2, 0.25) is 0 Å². The van der Waals surface area contributed by atoms with Crippen LogP contribution in [-0.4, -0.2) is 6.04 Å². The summed E-state index contributed by atoms with van der Waals surface area (Å²) in [6.07, 6.45) is 7.78. The van der Waals surface area contributed by atoms with Gasteiger partial charge in [0.15, 0.2) is 0 Å². The van der Waals surface area contributed by atoms with Crippen molar-refractivity contribution < 1.29 is 0 Å². The maximum absolute atomic E-state index is 3.54. The van der Waals surface area contributed by atoms with E-state index in [9.17, 15) is 0 Å². The van der Waals surface area contributed by atoms with E-state index in [0.29, 0.717) is 6.04 Å². The second-order valence-electron chi connectivity index (χ2n) is 4.94. The second kappa shape index (κ2) is 4.34. The Bertz CT molecular complexity index is 514. The van der Waals surface area contributed by atoms with Crippen LogP contribution in [0.25, 0.3) is 0 Å². The van der Waals surface area contributed by atoms with Gasteiger partial charge in [0, 0.05) is 10.7 Å². The molecule has 0 spiro atoms. The van der Waals surface area contributed by atoms with Crippen LogP contribution < -0.4 is 5.32 Å². The average Bonchev–Trinajstić information content (AvgIpc) is 2.48. The standard InChI is InChI=1S/C15H16BrN/c1-10-2-3-12-8-15-13(5-4-11(12)6-10)7-14(16)9-17-15/h2-3,6-7,9,15,17H,4-5,8H2,1H3. The normalized spacial score (nSPS) is 22.6. The van der Waals surface area contributed by atoms with Crippen molar-refractivity contribution in [2.24, 2.45) is 0 Å². The van der Waals surface area contributed by atoms with Gasteiger partial charge in [-0.25, -0.2) is 0 Å². The van der Waals surface area contributed by atoms with Gasteiger partial charge in [0.1, 0.15) is 0 Å². The van der Waals surface area contributed by atoms with Crippen LogP contribution in [0.3, 0.4) is 0 Å². The Kier molecular flexibility index (Phi) is 2.83. The van der Waals surface area contributed by atoms with Crippen molar-refractivity contribution in [1.82, 2.24) is 5.32 Å². The van der Waals surface area contributed by atoms with Crippen LogP contribution in [0.5, 0.6) is 0 Å². The highest BCUT2D eigenvalue weighted by Gasteiger charge is 2.22. The van der Waals surface area contributed by atoms with Gasteiger partial charge in [-0.3, -0.25) is 0 Å². The fraction of sp³-hybridized carbons (Fsp3) is 0.333. The number of nitrogens with one attached hydrogen (secondary N) is 1. The molecule has 0 aromatic heterocycles. The highest BCUT2D eigenvalue weighted by atomic mass is 79.9. The molecule has 0 bridgehead atoms. The Morgan fingerprint density at radius 2 is 2.12 bits per heavy atom. The van der Waals surface area contributed by atoms with Gasteiger partial charge in [-0.05, 0) is 64.9 Å². The van der Waals surface area contributed by atoms with E-state index in [2.05, 4.69) is 58.6 Å². The van der Waals surface area contributed by atoms with Gasteiger partial charge in [-0.2, -0.15) is 0 Å². The van der Waals surface area contributed by atoms with Gasteiger partial charge in [-0.1, -0.05) is 23.8 Å². The smallest absolute Gasteiger partial charge is 0.0512 e. The van der Waals surface area contributed by atoms with E-state index in [4.69, 9.17) is 0 Å². The molecule has 0 radical (unpaired) electrons. The third-order valence-electron chi connectivity index (χ3n) is 3.66. The Morgan fingerprint density at radius 3 is 3.00 bits per heavy atom. The van der Waals surface area contributed by atoms with Crippen molar-refractivity contribution in [3.8, 4) is 0 Å². The molecule has 2 aliphatic rings. The largest absolute Gasteiger partial charge is 0.383 e. The van der Waals surface area contributed by atoms with E-state index in [-0.39, 0.29) is 0 Å². The number of hydrogen-bond acceptors (Lipinski definition) is 1. The zero-order valence-corrected chi connectivity index (χ0v) is 11.5. The first-order valence-electron chi connectivity index (χ1n) is 6.13. The van der Waals surface area contributed by atoms with Crippen LogP contribution in [0, 0.1) is 6.92 Å². The molecule has 1 aliphatic heterocycles. The van der Waals surface area contributed by atoms with Crippen LogP contribution >= 0.6 is 15.9 Å². The first kappa shape index (κ1) is 11.1. The molecule has 88 valence electrons. The summed E-state index contributed by atoms with van der Waals surface area (Å²) >= 11 is 3.54. The number of allylic oxidation sites excluding steroid dienone is 2. The molecule has 0 amide bonds. The predicted molar refractivity (Wildman–Crippen MR) is 75.2 cm³/mol. The minimum absolute atomic E-state index is 0.486. The van der Waals surface area contributed by atoms with Gasteiger partial charge in [0.2, 0.25) is 0 Å². The molecule has 3 rings (SSSR count). The van der Waals surface area contributed by atoms with E-state index in [1.807, 2.05) is 0 Å². The summed E-state index contributed by atoms with van der Waals surface area (Å²) in [6.45, 7) is 2.17. The third kappa shape index (κ3) is 2.19. The predicted octanol–water partition coefficient (Wildman–Crippen LogP) is 3.62. The van der Waals surface area contributed by atoms with Crippen LogP contribution in [0.15, 0.2) is 40.5 Å². The van der Waals surface area contributed by atoms with E-state index >= 15 is 0 Å². The second-order valence-corrected chi connectivity index (χ2v) is 5.86. The fourth-order valence-electron chi connectivity index (χ4n) is 2.73. The molecule has 1 aromatic rings. The number of fused-ring (bicyclic) bond motifs is 2. The molecule has 2 heteroatoms. The highest BCUT2D eigenvalue weighted by Crippen LogP contribution is 2.29. The molecule has 1 atom stereocenters. The summed E-state index contributed by atoms with van der Waals surface area (Å²) in [4.78, 5) is 0. The van der Waals surface area contributed by atoms with Crippen LogP contribution in [-0.2, 0) is 12.8 Å². The fourth-order valence-corrected chi connectivity index (χ4v) is 3.15. The molecule has 1 unspecified atom stereocenters. The minimum Gasteiger partial charge on any atom is -0.383 e. The topological polar surface area (TPSA) is 12.0 Å². The number of dihydropyridines is 1. The monoisotopic (exact) mass is 289 g/mol. The molecule has 17 heavy (non-hydrogen) atoms. The van der Waals surface area contributed by atoms with E-state index < -0.39 is 0 Å². The van der Waals surface area contributed by atoms with Crippen molar-refractivity contribution >= 4 is 15.9 Å². The quantitative estimate of drug-likeness (QED) is 0.769. The summed E-state index contributed by atoms with van der Waals surface area (Å²) < 4.78 is 1.16. The van der Waals surface area contributed by atoms with E-state index in [1.165, 1.54) is 28.7 Å². The number of benzene rings is 1. The number of aryl methyl sites for hydroxylation is 2. The van der Waals surface area contributed by atoms with Crippen molar-refractivity contribution in [3.63, 3.8) is 0 Å². The molecule has 1 aromatic carbocycles. The molecule has 0 fully saturated rings. The molecule has 1 N–H and O–H groups in total. The lowest BCUT2D eigenvalue weighted by molar-refractivity contribution is 0.640. The number of hydrogen-bond donors (Lipinski definition) is 1. The Balaban J connectivity index is 1.95. The maximum Gasteiger partial charge on any atom is 0.0512 e. The zero-order valence-electron chi connectivity index (χ0n) is 9.96. The van der Waals surface area contributed by atoms with Crippen molar-refractivity contribution in [2.45, 2.75) is 32.2 Å². The zero-order chi connectivity index (χ0) is 11.8. The van der Waals surface area contributed by atoms with Crippen LogP contribution in [0.1, 0.15) is 23.1 Å². The lowest BCUT2D eigenvalue weighted by Crippen LogP contribution is -2.30. The molecule has 1 heterocycles. The maximum atomic E-state index is 3.54. The highest BCUT2D eigenvalue weighted by molar-refractivity contribution is 9.11. The molecule has 1 nitrogen and oxygen atoms in total. The number of halogens is 1. The van der Waals surface area contributed by atoms with Crippen LogP contribution in [0.4, 0.5) is 0 Å². The van der Waals surface area contributed by atoms with Gasteiger partial charge < -0.3 is 5.32 Å². The third-order valence-corrected chi connectivity index (χ3v) is 4.12. The SMILES string of the molecule is Cc1ccc2c(c1)CCC1=CC(Br)=CNC1C2. The van der Waals surface area contributed by atoms with Crippen molar-refractivity contribution in [2.75, 3.05) is 0 Å². The summed E-state index contributed by atoms with van der Waals surface area (Å²) in [5.74, 6) is 0. The number of rotatable bonds is 0. The molecule has 1 aliphatic carbocycles. The van der Waals surface area contributed by atoms with Gasteiger partial charge >= 0.3 is 0 Å². The van der Waals surface area contributed by atoms with Gasteiger partial charge in [0.25, 0.3) is 0 Å². The van der Waals surface area contributed by atoms with Crippen molar-refractivity contribution in [1.29, 1.82) is 0 Å². The Hall–Kier alpha value is -1.02. The molecule has 0 saturated heterocycles. The first-order valence-corrected chi connectivity index (χ1v) is 6.92. The van der Waals surface area contributed by atoms with Gasteiger partial charge in [-0.15, -0.1) is 0 Å². The minimum atomic E-state index is 0.486. The first-order chi connectivity index (χ1) is 8.22. The molecule has 0 saturated carbocycles. The Labute approximate surface area is 111 Å². The van der Waals surface area contributed by atoms with Gasteiger partial charge in [0.05, 0.1) is 6.04 Å². The summed E-state index contributed by atoms with van der Waals surface area (Å²) in [5.41, 5.74) is 5.92.